The third kappa shape index (κ3) is 3.62. The monoisotopic (exact) mass is 426 g/mol. The van der Waals surface area contributed by atoms with Crippen LogP contribution in [-0.2, 0) is 6.18 Å². The number of hydrogen-bond donors (Lipinski definition) is 2. The van der Waals surface area contributed by atoms with Crippen molar-refractivity contribution < 1.29 is 31.5 Å². The van der Waals surface area contributed by atoms with Crippen molar-refractivity contribution >= 4 is 22.8 Å². The molecule has 1 aliphatic heterocycles. The zero-order valence-corrected chi connectivity index (χ0v) is 15.5. The van der Waals surface area contributed by atoms with Gasteiger partial charge in [-0.25, -0.2) is 18.6 Å². The highest BCUT2D eigenvalue weighted by Gasteiger charge is 2.35. The van der Waals surface area contributed by atoms with Gasteiger partial charge < -0.3 is 19.9 Å². The Morgan fingerprint density at radius 3 is 2.53 bits per heavy atom. The van der Waals surface area contributed by atoms with E-state index in [-0.39, 0.29) is 11.3 Å². The van der Waals surface area contributed by atoms with E-state index < -0.39 is 46.3 Å². The summed E-state index contributed by atoms with van der Waals surface area (Å²) < 4.78 is 73.8. The van der Waals surface area contributed by atoms with Crippen LogP contribution in [0.1, 0.15) is 12.5 Å². The molecule has 1 aromatic carbocycles. The maximum Gasteiger partial charge on any atom is 0.418 e. The molecular formula is C19H15F5N4O2. The first kappa shape index (κ1) is 19.9. The highest BCUT2D eigenvalue weighted by Crippen LogP contribution is 2.40. The molecule has 30 heavy (non-hydrogen) atoms. The number of alkyl halides is 3. The molecule has 0 atom stereocenters. The van der Waals surface area contributed by atoms with E-state index in [4.69, 9.17) is 4.74 Å². The topological polar surface area (TPSA) is 70.2 Å². The van der Waals surface area contributed by atoms with E-state index in [1.165, 1.54) is 4.90 Å². The minimum absolute atomic E-state index is 0.139. The molecule has 6 nitrogen and oxygen atoms in total. The van der Waals surface area contributed by atoms with Gasteiger partial charge in [-0.05, 0) is 12.0 Å². The van der Waals surface area contributed by atoms with E-state index in [2.05, 4.69) is 15.3 Å². The number of hydrogen-bond acceptors (Lipinski definition) is 3. The van der Waals surface area contributed by atoms with E-state index in [1.807, 2.05) is 6.92 Å². The summed E-state index contributed by atoms with van der Waals surface area (Å²) in [6, 6.07) is 2.24. The molecule has 0 unspecified atom stereocenters. The smallest absolute Gasteiger partial charge is 0.418 e. The molecular weight excluding hydrogens is 411 g/mol. The van der Waals surface area contributed by atoms with Crippen molar-refractivity contribution in [1.82, 2.24) is 14.9 Å². The number of anilines is 1. The Morgan fingerprint density at radius 2 is 1.93 bits per heavy atom. The first-order chi connectivity index (χ1) is 14.1. The lowest BCUT2D eigenvalue weighted by Gasteiger charge is -2.36. The van der Waals surface area contributed by atoms with Gasteiger partial charge >= 0.3 is 12.2 Å². The number of ether oxygens (including phenoxy) is 1. The number of aromatic amines is 1. The number of carbonyl (C=O) groups is 1. The number of nitrogens with zero attached hydrogens (tertiary/aromatic N) is 2. The first-order valence-corrected chi connectivity index (χ1v) is 8.89. The normalized spacial score (nSPS) is 14.7. The predicted molar refractivity (Wildman–Crippen MR) is 97.3 cm³/mol. The highest BCUT2D eigenvalue weighted by atomic mass is 19.4. The van der Waals surface area contributed by atoms with Crippen LogP contribution in [0.2, 0.25) is 0 Å². The molecule has 0 saturated carbocycles. The van der Waals surface area contributed by atoms with E-state index in [1.54, 1.807) is 0 Å². The number of nitrogens with one attached hydrogen (secondary N) is 2. The SMILES string of the molecule is CC1CN(C(=O)Nc2cc(F)c(Oc3ccnc4[nH]cc(C(F)(F)F)c34)c(F)c2)C1. The highest BCUT2D eigenvalue weighted by molar-refractivity contribution is 5.90. The second kappa shape index (κ2) is 7.15. The lowest BCUT2D eigenvalue weighted by Crippen LogP contribution is -2.50. The van der Waals surface area contributed by atoms with Crippen molar-refractivity contribution in [3.05, 3.63) is 47.8 Å². The Labute approximate surface area is 166 Å². The Hall–Kier alpha value is -3.37. The average Bonchev–Trinajstić information content (AvgIpc) is 3.07. The van der Waals surface area contributed by atoms with Gasteiger partial charge in [-0.15, -0.1) is 0 Å². The number of benzene rings is 1. The fraction of sp³-hybridized carbons (Fsp3) is 0.263. The van der Waals surface area contributed by atoms with Crippen LogP contribution >= 0.6 is 0 Å². The Bertz CT molecular complexity index is 1100. The maximum absolute atomic E-state index is 14.5. The van der Waals surface area contributed by atoms with Gasteiger partial charge in [0.25, 0.3) is 0 Å². The second-order valence-corrected chi connectivity index (χ2v) is 7.04. The Kier molecular flexibility index (Phi) is 4.75. The molecule has 0 radical (unpaired) electrons. The minimum Gasteiger partial charge on any atom is -0.450 e. The van der Waals surface area contributed by atoms with E-state index in [0.717, 1.165) is 24.4 Å². The number of halogens is 5. The van der Waals surface area contributed by atoms with Crippen molar-refractivity contribution in [3.63, 3.8) is 0 Å². The Balaban J connectivity index is 1.63. The lowest BCUT2D eigenvalue weighted by molar-refractivity contribution is -0.136. The van der Waals surface area contributed by atoms with Crippen LogP contribution in [0.15, 0.2) is 30.6 Å². The van der Waals surface area contributed by atoms with Gasteiger partial charge in [0.15, 0.2) is 17.4 Å². The molecule has 0 bridgehead atoms. The molecule has 158 valence electrons. The third-order valence-electron chi connectivity index (χ3n) is 4.65. The van der Waals surface area contributed by atoms with Gasteiger partial charge in [0.1, 0.15) is 11.4 Å². The minimum atomic E-state index is -4.72. The summed E-state index contributed by atoms with van der Waals surface area (Å²) in [6.07, 6.45) is -2.88. The van der Waals surface area contributed by atoms with Crippen molar-refractivity contribution in [2.45, 2.75) is 13.1 Å². The summed E-state index contributed by atoms with van der Waals surface area (Å²) in [6.45, 7) is 3.03. The fourth-order valence-corrected chi connectivity index (χ4v) is 3.24. The first-order valence-electron chi connectivity index (χ1n) is 8.89. The van der Waals surface area contributed by atoms with Gasteiger partial charge in [0.2, 0.25) is 0 Å². The van der Waals surface area contributed by atoms with Crippen molar-refractivity contribution in [2.75, 3.05) is 18.4 Å². The molecule has 0 aliphatic carbocycles. The van der Waals surface area contributed by atoms with Crippen LogP contribution in [0.4, 0.5) is 32.4 Å². The van der Waals surface area contributed by atoms with E-state index in [9.17, 15) is 26.7 Å². The van der Waals surface area contributed by atoms with E-state index in [0.29, 0.717) is 25.2 Å². The van der Waals surface area contributed by atoms with Crippen LogP contribution in [0.5, 0.6) is 11.5 Å². The van der Waals surface area contributed by atoms with Crippen molar-refractivity contribution in [3.8, 4) is 11.5 Å². The van der Waals surface area contributed by atoms with Crippen LogP contribution in [0.25, 0.3) is 11.0 Å². The summed E-state index contributed by atoms with van der Waals surface area (Å²) in [7, 11) is 0. The molecule has 11 heteroatoms. The molecule has 4 rings (SSSR count). The molecule has 3 heterocycles. The van der Waals surface area contributed by atoms with Gasteiger partial charge in [0.05, 0.1) is 10.9 Å². The van der Waals surface area contributed by atoms with Crippen LogP contribution in [0, 0.1) is 17.6 Å². The number of pyridine rings is 1. The largest absolute Gasteiger partial charge is 0.450 e. The quantitative estimate of drug-likeness (QED) is 0.570. The van der Waals surface area contributed by atoms with Crippen LogP contribution in [0.3, 0.4) is 0 Å². The lowest BCUT2D eigenvalue weighted by atomic mass is 10.0. The van der Waals surface area contributed by atoms with Crippen molar-refractivity contribution in [2.24, 2.45) is 5.92 Å². The van der Waals surface area contributed by atoms with Crippen LogP contribution < -0.4 is 10.1 Å². The van der Waals surface area contributed by atoms with Crippen LogP contribution in [-0.4, -0.2) is 34.0 Å². The van der Waals surface area contributed by atoms with Gasteiger partial charge in [-0.1, -0.05) is 6.92 Å². The number of rotatable bonds is 3. The summed E-state index contributed by atoms with van der Waals surface area (Å²) in [5.41, 5.74) is -1.36. The summed E-state index contributed by atoms with van der Waals surface area (Å²) in [4.78, 5) is 19.6. The van der Waals surface area contributed by atoms with E-state index >= 15 is 0 Å². The zero-order valence-electron chi connectivity index (χ0n) is 15.5. The number of H-pyrrole nitrogens is 1. The predicted octanol–water partition coefficient (Wildman–Crippen LogP) is 5.14. The number of amides is 2. The molecule has 1 saturated heterocycles. The fourth-order valence-electron chi connectivity index (χ4n) is 3.24. The number of carbonyl (C=O) groups excluding carboxylic acids is 1. The van der Waals surface area contributed by atoms with Crippen molar-refractivity contribution in [1.29, 1.82) is 0 Å². The molecule has 1 fully saturated rings. The zero-order chi connectivity index (χ0) is 21.6. The van der Waals surface area contributed by atoms with Gasteiger partial charge in [-0.2, -0.15) is 13.2 Å². The van der Waals surface area contributed by atoms with Gasteiger partial charge in [0, 0.05) is 43.3 Å². The number of fused-ring (bicyclic) bond motifs is 1. The molecule has 2 N–H and O–H groups in total. The van der Waals surface area contributed by atoms with Gasteiger partial charge in [-0.3, -0.25) is 0 Å². The number of aromatic nitrogens is 2. The number of urea groups is 1. The average molecular weight is 426 g/mol. The summed E-state index contributed by atoms with van der Waals surface area (Å²) in [5, 5.41) is 1.93. The Morgan fingerprint density at radius 1 is 1.27 bits per heavy atom. The second-order valence-electron chi connectivity index (χ2n) is 7.04. The molecule has 2 amide bonds. The summed E-state index contributed by atoms with van der Waals surface area (Å²) in [5.74, 6) is -3.33. The molecule has 1 aliphatic rings. The third-order valence-corrected chi connectivity index (χ3v) is 4.65. The number of likely N-dealkylation sites (tertiary alicyclic amines) is 1. The standard InChI is InChI=1S/C19H15F5N4O2/c1-9-7-28(8-9)18(29)27-10-4-12(20)16(13(21)5-10)30-14-2-3-25-17-15(14)11(6-26-17)19(22,23)24/h2-6,9H,7-8H2,1H3,(H,25,26)(H,27,29). The maximum atomic E-state index is 14.5. The summed E-state index contributed by atoms with van der Waals surface area (Å²) >= 11 is 0. The molecule has 2 aromatic heterocycles. The molecule has 3 aromatic rings. The molecule has 0 spiro atoms.